The third-order valence-electron chi connectivity index (χ3n) is 4.42. The van der Waals surface area contributed by atoms with Gasteiger partial charge in [0.05, 0.1) is 12.7 Å². The molecule has 0 aliphatic heterocycles. The Labute approximate surface area is 174 Å². The summed E-state index contributed by atoms with van der Waals surface area (Å²) in [7, 11) is 1.61. The number of Topliss-reactive ketones (excluding diaryl/α,β-unsaturated/α-hetero) is 1. The number of carbonyl (C=O) groups excluding carboxylic acids is 1. The maximum Gasteiger partial charge on any atom is 0.191 e. The molecule has 0 saturated carbocycles. The Kier molecular flexibility index (Phi) is 6.69. The SMILES string of the molecule is COc1ccc(C(C)=O)cc1CSc1nnc(-c2ccccc2F)n1CC(C)C. The number of hydrogen-bond acceptors (Lipinski definition) is 5. The summed E-state index contributed by atoms with van der Waals surface area (Å²) in [5, 5.41) is 9.29. The number of rotatable bonds is 8. The Hall–Kier alpha value is -2.67. The van der Waals surface area contributed by atoms with Gasteiger partial charge >= 0.3 is 0 Å². The molecule has 7 heteroatoms. The van der Waals surface area contributed by atoms with Crippen molar-refractivity contribution in [3.05, 3.63) is 59.4 Å². The van der Waals surface area contributed by atoms with Crippen LogP contribution in [-0.2, 0) is 12.3 Å². The average molecular weight is 414 g/mol. The molecule has 3 aromatic rings. The number of halogens is 1. The molecule has 1 aromatic heterocycles. The van der Waals surface area contributed by atoms with Gasteiger partial charge in [0.15, 0.2) is 16.8 Å². The third-order valence-corrected chi connectivity index (χ3v) is 5.44. The van der Waals surface area contributed by atoms with Gasteiger partial charge in [0.1, 0.15) is 11.6 Å². The third kappa shape index (κ3) is 4.85. The Morgan fingerprint density at radius 2 is 1.97 bits per heavy atom. The van der Waals surface area contributed by atoms with Crippen LogP contribution in [0.1, 0.15) is 36.7 Å². The van der Waals surface area contributed by atoms with Crippen molar-refractivity contribution in [3.8, 4) is 17.1 Å². The second kappa shape index (κ2) is 9.22. The predicted molar refractivity (Wildman–Crippen MR) is 113 cm³/mol. The van der Waals surface area contributed by atoms with Crippen LogP contribution in [0.2, 0.25) is 0 Å². The Bertz CT molecular complexity index is 1020. The van der Waals surface area contributed by atoms with Gasteiger partial charge < -0.3 is 9.30 Å². The molecule has 0 atom stereocenters. The highest BCUT2D eigenvalue weighted by atomic mass is 32.2. The molecule has 29 heavy (non-hydrogen) atoms. The summed E-state index contributed by atoms with van der Waals surface area (Å²) >= 11 is 1.49. The van der Waals surface area contributed by atoms with E-state index in [0.717, 1.165) is 5.56 Å². The number of carbonyl (C=O) groups is 1. The fourth-order valence-corrected chi connectivity index (χ4v) is 3.95. The van der Waals surface area contributed by atoms with Gasteiger partial charge in [0.2, 0.25) is 0 Å². The minimum Gasteiger partial charge on any atom is -0.496 e. The van der Waals surface area contributed by atoms with Gasteiger partial charge in [-0.15, -0.1) is 10.2 Å². The number of methoxy groups -OCH3 is 1. The van der Waals surface area contributed by atoms with Gasteiger partial charge in [-0.2, -0.15) is 0 Å². The highest BCUT2D eigenvalue weighted by Gasteiger charge is 2.18. The highest BCUT2D eigenvalue weighted by molar-refractivity contribution is 7.98. The lowest BCUT2D eigenvalue weighted by Gasteiger charge is -2.14. The van der Waals surface area contributed by atoms with E-state index in [9.17, 15) is 9.18 Å². The monoisotopic (exact) mass is 413 g/mol. The molecule has 0 spiro atoms. The lowest BCUT2D eigenvalue weighted by Crippen LogP contribution is -2.08. The number of thioether (sulfide) groups is 1. The molecular weight excluding hydrogens is 389 g/mol. The Morgan fingerprint density at radius 3 is 2.62 bits per heavy atom. The van der Waals surface area contributed by atoms with E-state index >= 15 is 0 Å². The van der Waals surface area contributed by atoms with Crippen molar-refractivity contribution in [2.45, 2.75) is 38.2 Å². The molecule has 0 amide bonds. The van der Waals surface area contributed by atoms with Crippen LogP contribution in [0.3, 0.4) is 0 Å². The molecule has 0 radical (unpaired) electrons. The number of ketones is 1. The summed E-state index contributed by atoms with van der Waals surface area (Å²) in [4.78, 5) is 11.7. The van der Waals surface area contributed by atoms with Crippen LogP contribution in [0.4, 0.5) is 4.39 Å². The van der Waals surface area contributed by atoms with E-state index in [0.29, 0.717) is 46.1 Å². The lowest BCUT2D eigenvalue weighted by molar-refractivity contribution is 0.101. The molecule has 0 fully saturated rings. The largest absolute Gasteiger partial charge is 0.496 e. The summed E-state index contributed by atoms with van der Waals surface area (Å²) in [6.07, 6.45) is 0. The lowest BCUT2D eigenvalue weighted by atomic mass is 10.1. The van der Waals surface area contributed by atoms with Gasteiger partial charge in [-0.25, -0.2) is 4.39 Å². The zero-order chi connectivity index (χ0) is 21.0. The first-order chi connectivity index (χ1) is 13.9. The van der Waals surface area contributed by atoms with E-state index in [1.165, 1.54) is 17.8 Å². The van der Waals surface area contributed by atoms with E-state index < -0.39 is 0 Å². The number of ether oxygens (including phenoxy) is 1. The molecule has 3 rings (SSSR count). The van der Waals surface area contributed by atoms with Crippen LogP contribution < -0.4 is 4.74 Å². The summed E-state index contributed by atoms with van der Waals surface area (Å²) < 4.78 is 21.7. The molecule has 0 unspecified atom stereocenters. The number of hydrogen-bond donors (Lipinski definition) is 0. The van der Waals surface area contributed by atoms with Crippen LogP contribution in [0.5, 0.6) is 5.75 Å². The molecule has 0 N–H and O–H groups in total. The zero-order valence-corrected chi connectivity index (χ0v) is 17.8. The van der Waals surface area contributed by atoms with Crippen molar-refractivity contribution in [1.29, 1.82) is 0 Å². The fourth-order valence-electron chi connectivity index (χ4n) is 3.02. The second-order valence-electron chi connectivity index (χ2n) is 7.16. The van der Waals surface area contributed by atoms with Crippen molar-refractivity contribution in [1.82, 2.24) is 14.8 Å². The molecular formula is C22H24FN3O2S. The van der Waals surface area contributed by atoms with Gasteiger partial charge in [-0.05, 0) is 43.2 Å². The molecule has 1 heterocycles. The van der Waals surface area contributed by atoms with Crippen molar-refractivity contribution in [2.75, 3.05) is 7.11 Å². The van der Waals surface area contributed by atoms with Gasteiger partial charge in [-0.1, -0.05) is 37.7 Å². The van der Waals surface area contributed by atoms with Gasteiger partial charge in [0.25, 0.3) is 0 Å². The zero-order valence-electron chi connectivity index (χ0n) is 17.0. The van der Waals surface area contributed by atoms with Crippen molar-refractivity contribution in [3.63, 3.8) is 0 Å². The van der Waals surface area contributed by atoms with Gasteiger partial charge in [0, 0.05) is 23.4 Å². The maximum atomic E-state index is 14.3. The Balaban J connectivity index is 1.93. The van der Waals surface area contributed by atoms with E-state index in [-0.39, 0.29) is 11.6 Å². The van der Waals surface area contributed by atoms with Crippen LogP contribution in [0.25, 0.3) is 11.4 Å². The van der Waals surface area contributed by atoms with E-state index in [4.69, 9.17) is 4.74 Å². The maximum absolute atomic E-state index is 14.3. The summed E-state index contributed by atoms with van der Waals surface area (Å²) in [6, 6.07) is 12.0. The highest BCUT2D eigenvalue weighted by Crippen LogP contribution is 2.31. The second-order valence-corrected chi connectivity index (χ2v) is 8.10. The topological polar surface area (TPSA) is 57.0 Å². The number of aromatic nitrogens is 3. The van der Waals surface area contributed by atoms with Crippen LogP contribution in [-0.4, -0.2) is 27.7 Å². The first kappa shape index (κ1) is 21.0. The van der Waals surface area contributed by atoms with Crippen molar-refractivity contribution >= 4 is 17.5 Å². The van der Waals surface area contributed by atoms with E-state index in [1.807, 2.05) is 10.6 Å². The van der Waals surface area contributed by atoms with Crippen LogP contribution in [0, 0.1) is 11.7 Å². The molecule has 0 aliphatic carbocycles. The first-order valence-electron chi connectivity index (χ1n) is 9.39. The fraction of sp³-hybridized carbons (Fsp3) is 0.318. The predicted octanol–water partition coefficient (Wildman–Crippen LogP) is 5.24. The molecule has 152 valence electrons. The van der Waals surface area contributed by atoms with Crippen molar-refractivity contribution < 1.29 is 13.9 Å². The van der Waals surface area contributed by atoms with Gasteiger partial charge in [-0.3, -0.25) is 4.79 Å². The minimum absolute atomic E-state index is 0.00344. The minimum atomic E-state index is -0.322. The van der Waals surface area contributed by atoms with Crippen LogP contribution in [0.15, 0.2) is 47.6 Å². The summed E-state index contributed by atoms with van der Waals surface area (Å²) in [5.74, 6) is 1.81. The first-order valence-corrected chi connectivity index (χ1v) is 10.4. The van der Waals surface area contributed by atoms with E-state index in [2.05, 4.69) is 24.0 Å². The molecule has 5 nitrogen and oxygen atoms in total. The molecule has 2 aromatic carbocycles. The Morgan fingerprint density at radius 1 is 1.21 bits per heavy atom. The molecule has 0 saturated heterocycles. The quantitative estimate of drug-likeness (QED) is 0.373. The molecule has 0 bridgehead atoms. The number of benzene rings is 2. The number of nitrogens with zero attached hydrogens (tertiary/aromatic N) is 3. The normalized spacial score (nSPS) is 11.1. The average Bonchev–Trinajstić information content (AvgIpc) is 3.08. The molecule has 0 aliphatic rings. The van der Waals surface area contributed by atoms with E-state index in [1.54, 1.807) is 44.4 Å². The van der Waals surface area contributed by atoms with Crippen molar-refractivity contribution in [2.24, 2.45) is 5.92 Å². The standard InChI is InChI=1S/C22H24FN3O2S/c1-14(2)12-26-21(18-7-5-6-8-19(18)23)24-25-22(26)29-13-17-11-16(15(3)27)9-10-20(17)28-4/h5-11,14H,12-13H2,1-4H3. The summed E-state index contributed by atoms with van der Waals surface area (Å²) in [5.41, 5.74) is 1.97. The smallest absolute Gasteiger partial charge is 0.191 e. The summed E-state index contributed by atoms with van der Waals surface area (Å²) in [6.45, 7) is 6.40. The van der Waals surface area contributed by atoms with Crippen LogP contribution >= 0.6 is 11.8 Å².